The van der Waals surface area contributed by atoms with Crippen molar-refractivity contribution in [2.24, 2.45) is 0 Å². The maximum absolute atomic E-state index is 12.8. The van der Waals surface area contributed by atoms with E-state index in [9.17, 15) is 9.59 Å². The number of hydrogen-bond donors (Lipinski definition) is 2. The van der Waals surface area contributed by atoms with Gasteiger partial charge in [-0.05, 0) is 31.0 Å². The first-order valence-corrected chi connectivity index (χ1v) is 10.2. The number of carbonyl (C=O) groups excluding carboxylic acids is 1. The first kappa shape index (κ1) is 19.4. The van der Waals surface area contributed by atoms with E-state index in [1.54, 1.807) is 10.8 Å². The SMILES string of the molecule is C=CCOc1ccc([C@H]2SCC(=O)Nc3c2c(=O)[nH]n3[C@H](C)CCC)cc1. The maximum Gasteiger partial charge on any atom is 0.270 e. The molecule has 1 aromatic carbocycles. The number of H-pyrrole nitrogens is 1. The summed E-state index contributed by atoms with van der Waals surface area (Å²) < 4.78 is 7.34. The van der Waals surface area contributed by atoms with Gasteiger partial charge in [0.05, 0.1) is 16.6 Å². The molecule has 27 heavy (non-hydrogen) atoms. The number of aromatic amines is 1. The predicted molar refractivity (Wildman–Crippen MR) is 110 cm³/mol. The molecule has 1 aliphatic heterocycles. The van der Waals surface area contributed by atoms with Gasteiger partial charge in [-0.1, -0.05) is 38.1 Å². The largest absolute Gasteiger partial charge is 0.490 e. The zero-order valence-corrected chi connectivity index (χ0v) is 16.5. The van der Waals surface area contributed by atoms with Crippen molar-refractivity contribution in [1.82, 2.24) is 9.78 Å². The molecule has 0 radical (unpaired) electrons. The maximum atomic E-state index is 12.8. The molecule has 144 valence electrons. The third-order valence-corrected chi connectivity index (χ3v) is 5.83. The van der Waals surface area contributed by atoms with Gasteiger partial charge >= 0.3 is 0 Å². The summed E-state index contributed by atoms with van der Waals surface area (Å²) in [4.78, 5) is 25.0. The van der Waals surface area contributed by atoms with Crippen LogP contribution in [0.25, 0.3) is 0 Å². The topological polar surface area (TPSA) is 76.1 Å². The average molecular weight is 388 g/mol. The summed E-state index contributed by atoms with van der Waals surface area (Å²) in [6.45, 7) is 8.23. The number of nitrogens with one attached hydrogen (secondary N) is 2. The first-order chi connectivity index (χ1) is 13.0. The zero-order valence-electron chi connectivity index (χ0n) is 15.7. The van der Waals surface area contributed by atoms with Crippen molar-refractivity contribution in [3.8, 4) is 5.75 Å². The molecular weight excluding hydrogens is 362 g/mol. The second-order valence-electron chi connectivity index (χ2n) is 6.62. The van der Waals surface area contributed by atoms with Crippen molar-refractivity contribution in [1.29, 1.82) is 0 Å². The van der Waals surface area contributed by atoms with Crippen LogP contribution in [0.1, 0.15) is 49.1 Å². The number of benzene rings is 1. The number of nitrogens with zero attached hydrogens (tertiary/aromatic N) is 1. The molecule has 1 aromatic heterocycles. The number of carbonyl (C=O) groups is 1. The molecule has 0 fully saturated rings. The van der Waals surface area contributed by atoms with Gasteiger partial charge in [0, 0.05) is 6.04 Å². The Bertz CT molecular complexity index is 870. The third kappa shape index (κ3) is 4.13. The predicted octanol–water partition coefficient (Wildman–Crippen LogP) is 3.88. The Morgan fingerprint density at radius 1 is 1.37 bits per heavy atom. The van der Waals surface area contributed by atoms with Crippen LogP contribution in [0.3, 0.4) is 0 Å². The van der Waals surface area contributed by atoms with Crippen molar-refractivity contribution in [2.75, 3.05) is 17.7 Å². The van der Waals surface area contributed by atoms with E-state index in [1.807, 2.05) is 31.2 Å². The van der Waals surface area contributed by atoms with E-state index in [4.69, 9.17) is 4.74 Å². The van der Waals surface area contributed by atoms with Crippen molar-refractivity contribution in [2.45, 2.75) is 38.0 Å². The molecule has 0 aliphatic carbocycles. The molecule has 2 aromatic rings. The molecule has 0 bridgehead atoms. The molecule has 3 rings (SSSR count). The summed E-state index contributed by atoms with van der Waals surface area (Å²) in [6.07, 6.45) is 3.60. The van der Waals surface area contributed by atoms with Crippen LogP contribution in [0.15, 0.2) is 41.7 Å². The van der Waals surface area contributed by atoms with Crippen molar-refractivity contribution in [3.63, 3.8) is 0 Å². The molecule has 2 N–H and O–H groups in total. The Morgan fingerprint density at radius 3 is 2.78 bits per heavy atom. The van der Waals surface area contributed by atoms with E-state index >= 15 is 0 Å². The number of anilines is 1. The summed E-state index contributed by atoms with van der Waals surface area (Å²) in [5, 5.41) is 5.63. The number of thioether (sulfide) groups is 1. The van der Waals surface area contributed by atoms with Crippen molar-refractivity contribution in [3.05, 3.63) is 58.4 Å². The second-order valence-corrected chi connectivity index (χ2v) is 7.71. The summed E-state index contributed by atoms with van der Waals surface area (Å²) in [7, 11) is 0. The minimum Gasteiger partial charge on any atom is -0.490 e. The number of aromatic nitrogens is 2. The Labute approximate surface area is 163 Å². The van der Waals surface area contributed by atoms with Crippen LogP contribution in [0.2, 0.25) is 0 Å². The van der Waals surface area contributed by atoms with Gasteiger partial charge in [-0.2, -0.15) is 0 Å². The first-order valence-electron chi connectivity index (χ1n) is 9.14. The highest BCUT2D eigenvalue weighted by molar-refractivity contribution is 8.00. The number of hydrogen-bond acceptors (Lipinski definition) is 4. The fraction of sp³-hybridized carbons (Fsp3) is 0.400. The molecule has 7 heteroatoms. The van der Waals surface area contributed by atoms with Crippen LogP contribution >= 0.6 is 11.8 Å². The van der Waals surface area contributed by atoms with Gasteiger partial charge in [0.15, 0.2) is 0 Å². The van der Waals surface area contributed by atoms with Gasteiger partial charge in [-0.3, -0.25) is 19.4 Å². The van der Waals surface area contributed by atoms with Crippen LogP contribution in [-0.2, 0) is 4.79 Å². The number of rotatable bonds is 7. The molecule has 0 saturated heterocycles. The Hall–Kier alpha value is -2.41. The molecule has 0 saturated carbocycles. The van der Waals surface area contributed by atoms with Crippen molar-refractivity contribution >= 4 is 23.5 Å². The normalized spacial score (nSPS) is 17.6. The molecule has 1 aliphatic rings. The summed E-state index contributed by atoms with van der Waals surface area (Å²) >= 11 is 1.46. The zero-order chi connectivity index (χ0) is 19.4. The smallest absolute Gasteiger partial charge is 0.270 e. The summed E-state index contributed by atoms with van der Waals surface area (Å²) in [5.74, 6) is 1.55. The van der Waals surface area contributed by atoms with E-state index in [0.717, 1.165) is 24.2 Å². The van der Waals surface area contributed by atoms with Gasteiger partial charge in [0.2, 0.25) is 5.91 Å². The minimum atomic E-state index is -0.216. The highest BCUT2D eigenvalue weighted by Crippen LogP contribution is 2.40. The monoisotopic (exact) mass is 387 g/mol. The van der Waals surface area contributed by atoms with Crippen LogP contribution in [0.4, 0.5) is 5.82 Å². The fourth-order valence-corrected chi connectivity index (χ4v) is 4.40. The fourth-order valence-electron chi connectivity index (χ4n) is 3.28. The highest BCUT2D eigenvalue weighted by atomic mass is 32.2. The van der Waals surface area contributed by atoms with Crippen LogP contribution < -0.4 is 15.6 Å². The molecule has 6 nitrogen and oxygen atoms in total. The standard InChI is InChI=1S/C20H25N3O3S/c1-4-6-13(3)23-19-17(20(25)22-23)18(27-12-16(24)21-19)14-7-9-15(10-8-14)26-11-5-2/h5,7-10,13,18H,2,4,6,11-12H2,1,3H3,(H,21,24)(H,22,25)/t13-,18-/m1/s1. The van der Waals surface area contributed by atoms with Gasteiger partial charge in [-0.15, -0.1) is 11.8 Å². The Kier molecular flexibility index (Phi) is 6.11. The quantitative estimate of drug-likeness (QED) is 0.707. The highest BCUT2D eigenvalue weighted by Gasteiger charge is 2.31. The lowest BCUT2D eigenvalue weighted by Crippen LogP contribution is -2.18. The molecular formula is C20H25N3O3S. The molecule has 0 spiro atoms. The van der Waals surface area contributed by atoms with E-state index in [1.165, 1.54) is 11.8 Å². The van der Waals surface area contributed by atoms with Crippen molar-refractivity contribution < 1.29 is 9.53 Å². The molecule has 1 amide bonds. The molecule has 2 heterocycles. The van der Waals surface area contributed by atoms with Gasteiger partial charge in [0.1, 0.15) is 18.2 Å². The lowest BCUT2D eigenvalue weighted by Gasteiger charge is -2.17. The van der Waals surface area contributed by atoms with E-state index in [-0.39, 0.29) is 22.8 Å². The van der Waals surface area contributed by atoms with E-state index in [2.05, 4.69) is 23.9 Å². The molecule has 0 unspecified atom stereocenters. The van der Waals surface area contributed by atoms with Gasteiger partial charge < -0.3 is 10.1 Å². The lowest BCUT2D eigenvalue weighted by atomic mass is 10.1. The number of amides is 1. The number of fused-ring (bicyclic) bond motifs is 1. The Morgan fingerprint density at radius 2 is 2.11 bits per heavy atom. The van der Waals surface area contributed by atoms with Gasteiger partial charge in [0.25, 0.3) is 5.56 Å². The molecule has 2 atom stereocenters. The van der Waals surface area contributed by atoms with E-state index in [0.29, 0.717) is 23.7 Å². The van der Waals surface area contributed by atoms with Crippen LogP contribution in [0.5, 0.6) is 5.75 Å². The summed E-state index contributed by atoms with van der Waals surface area (Å²) in [6, 6.07) is 7.75. The van der Waals surface area contributed by atoms with Crippen LogP contribution in [0, 0.1) is 0 Å². The average Bonchev–Trinajstić information content (AvgIpc) is 2.87. The lowest BCUT2D eigenvalue weighted by molar-refractivity contribution is -0.113. The Balaban J connectivity index is 2.00. The van der Waals surface area contributed by atoms with Crippen LogP contribution in [-0.4, -0.2) is 28.0 Å². The minimum absolute atomic E-state index is 0.0915. The van der Waals surface area contributed by atoms with Gasteiger partial charge in [-0.25, -0.2) is 0 Å². The third-order valence-electron chi connectivity index (χ3n) is 4.56. The van der Waals surface area contributed by atoms with E-state index < -0.39 is 0 Å². The second kappa shape index (κ2) is 8.52. The number of ether oxygens (including phenoxy) is 1. The summed E-state index contributed by atoms with van der Waals surface area (Å²) in [5.41, 5.74) is 1.42.